The van der Waals surface area contributed by atoms with Crippen LogP contribution in [0.4, 0.5) is 5.69 Å². The number of hydrogen-bond donors (Lipinski definition) is 2. The Morgan fingerprint density at radius 3 is 2.72 bits per heavy atom. The first-order valence-electron chi connectivity index (χ1n) is 10.2. The van der Waals surface area contributed by atoms with E-state index in [4.69, 9.17) is 4.74 Å². The lowest BCUT2D eigenvalue weighted by atomic mass is 9.98. The highest BCUT2D eigenvalue weighted by Gasteiger charge is 2.31. The monoisotopic (exact) mass is 423 g/mol. The maximum absolute atomic E-state index is 12.8. The molecular weight excluding hydrogens is 394 g/mol. The lowest BCUT2D eigenvalue weighted by Gasteiger charge is -2.31. The van der Waals surface area contributed by atoms with Crippen LogP contribution >= 0.6 is 0 Å². The highest BCUT2D eigenvalue weighted by molar-refractivity contribution is 7.89. The molecule has 0 bridgehead atoms. The molecule has 2 N–H and O–H groups in total. The van der Waals surface area contributed by atoms with Crippen molar-refractivity contribution in [1.29, 1.82) is 0 Å². The van der Waals surface area contributed by atoms with E-state index in [0.717, 1.165) is 19.4 Å². The Morgan fingerprint density at radius 1 is 1.21 bits per heavy atom. The average Bonchev–Trinajstić information content (AvgIpc) is 3.26. The van der Waals surface area contributed by atoms with Crippen molar-refractivity contribution in [3.8, 4) is 0 Å². The van der Waals surface area contributed by atoms with Crippen LogP contribution in [0.5, 0.6) is 0 Å². The second-order valence-corrected chi connectivity index (χ2v) is 9.74. The minimum Gasteiger partial charge on any atom is -0.376 e. The fraction of sp³-hybridized carbons (Fsp3) is 0.600. The number of anilines is 1. The Kier molecular flexibility index (Phi) is 7.26. The quantitative estimate of drug-likeness (QED) is 0.693. The minimum atomic E-state index is -3.32. The number of rotatable bonds is 7. The summed E-state index contributed by atoms with van der Waals surface area (Å²) in [5.74, 6) is -0.946. The number of para-hydroxylation sites is 1. The average molecular weight is 424 g/mol. The summed E-state index contributed by atoms with van der Waals surface area (Å²) in [6, 6.07) is 6.84. The lowest BCUT2D eigenvalue weighted by Crippen LogP contribution is -2.44. The molecule has 0 unspecified atom stereocenters. The van der Waals surface area contributed by atoms with Gasteiger partial charge in [0.1, 0.15) is 0 Å². The summed E-state index contributed by atoms with van der Waals surface area (Å²) >= 11 is 0. The van der Waals surface area contributed by atoms with Gasteiger partial charge >= 0.3 is 0 Å². The molecule has 9 heteroatoms. The van der Waals surface area contributed by atoms with Crippen molar-refractivity contribution >= 4 is 27.5 Å². The smallest absolute Gasteiger partial charge is 0.253 e. The summed E-state index contributed by atoms with van der Waals surface area (Å²) in [6.07, 6.45) is 3.22. The van der Waals surface area contributed by atoms with Gasteiger partial charge in [-0.1, -0.05) is 12.1 Å². The molecule has 0 aliphatic carbocycles. The molecule has 160 valence electrons. The third-order valence-electron chi connectivity index (χ3n) is 5.46. The standard InChI is InChI=1S/C20H29N3O5S/c1-2-29(26,27)23-11-5-7-15(14-23)19(24)22-18-10-4-3-9-17(18)20(25)21-13-16-8-6-12-28-16/h3-4,9-10,15-16H,2,5-8,11-14H2,1H3,(H,21,25)(H,22,24)/t15-,16+/m0/s1. The molecule has 2 atom stereocenters. The summed E-state index contributed by atoms with van der Waals surface area (Å²) < 4.78 is 31.2. The van der Waals surface area contributed by atoms with Crippen LogP contribution in [-0.4, -0.2) is 62.6 Å². The SMILES string of the molecule is CCS(=O)(=O)N1CCC[C@H](C(=O)Nc2ccccc2C(=O)NC[C@H]2CCCO2)C1. The minimum absolute atomic E-state index is 0.0229. The van der Waals surface area contributed by atoms with E-state index >= 15 is 0 Å². The molecule has 1 aromatic carbocycles. The molecule has 0 aromatic heterocycles. The summed E-state index contributed by atoms with van der Waals surface area (Å²) in [6.45, 7) is 3.38. The van der Waals surface area contributed by atoms with Gasteiger partial charge in [0.2, 0.25) is 15.9 Å². The van der Waals surface area contributed by atoms with Crippen LogP contribution in [0.15, 0.2) is 24.3 Å². The normalized spacial score (nSPS) is 22.9. The largest absolute Gasteiger partial charge is 0.376 e. The van der Waals surface area contributed by atoms with Crippen LogP contribution in [0.1, 0.15) is 43.0 Å². The van der Waals surface area contributed by atoms with Gasteiger partial charge in [0.05, 0.1) is 29.0 Å². The fourth-order valence-corrected chi connectivity index (χ4v) is 4.90. The van der Waals surface area contributed by atoms with Gasteiger partial charge in [-0.05, 0) is 44.7 Å². The van der Waals surface area contributed by atoms with Crippen LogP contribution in [0, 0.1) is 5.92 Å². The predicted molar refractivity (Wildman–Crippen MR) is 110 cm³/mol. The van der Waals surface area contributed by atoms with Crippen LogP contribution in [0.3, 0.4) is 0 Å². The molecular formula is C20H29N3O5S. The highest BCUT2D eigenvalue weighted by atomic mass is 32.2. The fourth-order valence-electron chi connectivity index (χ4n) is 3.72. The first-order valence-corrected chi connectivity index (χ1v) is 11.8. The topological polar surface area (TPSA) is 105 Å². The molecule has 2 amide bonds. The molecule has 2 saturated heterocycles. The van der Waals surface area contributed by atoms with Gasteiger partial charge in [-0.2, -0.15) is 0 Å². The van der Waals surface area contributed by atoms with Gasteiger partial charge < -0.3 is 15.4 Å². The molecule has 3 rings (SSSR count). The molecule has 0 radical (unpaired) electrons. The van der Waals surface area contributed by atoms with Crippen molar-refractivity contribution < 1.29 is 22.7 Å². The van der Waals surface area contributed by atoms with Crippen molar-refractivity contribution in [3.63, 3.8) is 0 Å². The summed E-state index contributed by atoms with van der Waals surface area (Å²) in [5.41, 5.74) is 0.811. The Labute approximate surface area is 172 Å². The zero-order chi connectivity index (χ0) is 20.9. The Bertz CT molecular complexity index is 836. The van der Waals surface area contributed by atoms with Gasteiger partial charge in [-0.15, -0.1) is 0 Å². The molecule has 0 spiro atoms. The van der Waals surface area contributed by atoms with Gasteiger partial charge in [0, 0.05) is 26.2 Å². The number of nitrogens with one attached hydrogen (secondary N) is 2. The number of carbonyl (C=O) groups is 2. The number of amides is 2. The summed E-state index contributed by atoms with van der Waals surface area (Å²) in [4.78, 5) is 25.4. The number of ether oxygens (including phenoxy) is 1. The Balaban J connectivity index is 1.63. The molecule has 2 heterocycles. The van der Waals surface area contributed by atoms with E-state index in [2.05, 4.69) is 10.6 Å². The number of piperidine rings is 1. The second-order valence-electron chi connectivity index (χ2n) is 7.48. The van der Waals surface area contributed by atoms with Crippen LogP contribution in [0.25, 0.3) is 0 Å². The highest BCUT2D eigenvalue weighted by Crippen LogP contribution is 2.23. The molecule has 8 nitrogen and oxygen atoms in total. The molecule has 29 heavy (non-hydrogen) atoms. The van der Waals surface area contributed by atoms with Gasteiger partial charge in [0.25, 0.3) is 5.91 Å². The first-order chi connectivity index (χ1) is 13.9. The predicted octanol–water partition coefficient (Wildman–Crippen LogP) is 1.60. The van der Waals surface area contributed by atoms with E-state index in [0.29, 0.717) is 37.2 Å². The molecule has 2 aliphatic heterocycles. The number of hydrogen-bond acceptors (Lipinski definition) is 5. The first kappa shape index (κ1) is 21.7. The number of nitrogens with zero attached hydrogens (tertiary/aromatic N) is 1. The summed E-state index contributed by atoms with van der Waals surface area (Å²) in [7, 11) is -3.32. The number of carbonyl (C=O) groups excluding carboxylic acids is 2. The van der Waals surface area contributed by atoms with Crippen LogP contribution < -0.4 is 10.6 Å². The van der Waals surface area contributed by atoms with E-state index in [1.54, 1.807) is 31.2 Å². The maximum atomic E-state index is 12.8. The van der Waals surface area contributed by atoms with E-state index in [1.165, 1.54) is 4.31 Å². The van der Waals surface area contributed by atoms with E-state index < -0.39 is 15.9 Å². The van der Waals surface area contributed by atoms with E-state index in [1.807, 2.05) is 0 Å². The van der Waals surface area contributed by atoms with Crippen molar-refractivity contribution in [2.75, 3.05) is 37.3 Å². The van der Waals surface area contributed by atoms with Crippen molar-refractivity contribution in [2.24, 2.45) is 5.92 Å². The van der Waals surface area contributed by atoms with Gasteiger partial charge in [-0.25, -0.2) is 12.7 Å². The maximum Gasteiger partial charge on any atom is 0.253 e. The zero-order valence-corrected chi connectivity index (χ0v) is 17.5. The summed E-state index contributed by atoms with van der Waals surface area (Å²) in [5, 5.41) is 5.69. The van der Waals surface area contributed by atoms with Crippen LogP contribution in [0.2, 0.25) is 0 Å². The van der Waals surface area contributed by atoms with Crippen molar-refractivity contribution in [2.45, 2.75) is 38.7 Å². The van der Waals surface area contributed by atoms with Crippen molar-refractivity contribution in [1.82, 2.24) is 9.62 Å². The van der Waals surface area contributed by atoms with E-state index in [-0.39, 0.29) is 30.2 Å². The molecule has 1 aromatic rings. The Hall–Kier alpha value is -1.97. The van der Waals surface area contributed by atoms with Crippen molar-refractivity contribution in [3.05, 3.63) is 29.8 Å². The van der Waals surface area contributed by atoms with Gasteiger partial charge in [0.15, 0.2) is 0 Å². The Morgan fingerprint density at radius 2 is 2.00 bits per heavy atom. The zero-order valence-electron chi connectivity index (χ0n) is 16.7. The molecule has 0 saturated carbocycles. The molecule has 2 aliphatic rings. The van der Waals surface area contributed by atoms with Crippen LogP contribution in [-0.2, 0) is 19.6 Å². The number of benzene rings is 1. The lowest BCUT2D eigenvalue weighted by molar-refractivity contribution is -0.120. The number of sulfonamides is 1. The second kappa shape index (κ2) is 9.69. The van der Waals surface area contributed by atoms with E-state index in [9.17, 15) is 18.0 Å². The van der Waals surface area contributed by atoms with Gasteiger partial charge in [-0.3, -0.25) is 9.59 Å². The molecule has 2 fully saturated rings. The third kappa shape index (κ3) is 5.55. The third-order valence-corrected chi connectivity index (χ3v) is 7.30.